The minimum Gasteiger partial charge on any atom is -0.314 e. The zero-order valence-electron chi connectivity index (χ0n) is 21.4. The maximum absolute atomic E-state index is 15.4. The van der Waals surface area contributed by atoms with E-state index < -0.39 is 45.4 Å². The van der Waals surface area contributed by atoms with E-state index in [1.807, 2.05) is 30.3 Å². The zero-order valence-corrected chi connectivity index (χ0v) is 21.4. The van der Waals surface area contributed by atoms with Crippen LogP contribution < -0.4 is 5.56 Å². The fraction of sp³-hybridized carbons (Fsp3) is 0.345. The molecule has 2 aliphatic rings. The van der Waals surface area contributed by atoms with Gasteiger partial charge in [-0.05, 0) is 42.9 Å². The first-order valence-electron chi connectivity index (χ1n) is 12.5. The Labute approximate surface area is 217 Å². The van der Waals surface area contributed by atoms with E-state index in [1.165, 1.54) is 6.92 Å². The highest BCUT2D eigenvalue weighted by molar-refractivity contribution is 6.13. The molecule has 0 saturated carbocycles. The number of hydrogen-bond acceptors (Lipinski definition) is 3. The number of allylic oxidation sites excluding steroid dienone is 1. The lowest BCUT2D eigenvalue weighted by atomic mass is 9.66. The molecule has 0 fully saturated rings. The standard InChI is InChI=1S/C29H28F3N3O3/c1-18-23(25(37)35(33-18)20-12-8-5-9-13-20)28(29(30,31)32)24-21(16-27(2,3)17-22(24)36)34(26(28)38)15-14-19-10-6-4-7-11-19/h4-13,33H,14-17H2,1-3H3/t28-/m0/s1. The quantitative estimate of drug-likeness (QED) is 0.511. The molecule has 38 heavy (non-hydrogen) atoms. The number of amides is 1. The number of aromatic amines is 1. The molecule has 1 aromatic heterocycles. The maximum atomic E-state index is 15.4. The van der Waals surface area contributed by atoms with Crippen LogP contribution in [0.4, 0.5) is 13.2 Å². The highest BCUT2D eigenvalue weighted by Crippen LogP contribution is 2.57. The number of Topliss-reactive ketones (excluding diaryl/α,β-unsaturated/α-hetero) is 1. The SMILES string of the molecule is Cc1[nH]n(-c2ccccc2)c(=O)c1[C@@]1(C(F)(F)F)C(=O)N(CCc2ccccc2)C2=C1C(=O)CC(C)(C)C2. The molecule has 9 heteroatoms. The first kappa shape index (κ1) is 25.8. The van der Waals surface area contributed by atoms with Crippen LogP contribution >= 0.6 is 0 Å². The molecule has 6 nitrogen and oxygen atoms in total. The third-order valence-corrected chi connectivity index (χ3v) is 7.47. The molecule has 3 aromatic rings. The van der Waals surface area contributed by atoms with Crippen molar-refractivity contribution in [1.29, 1.82) is 0 Å². The third kappa shape index (κ3) is 3.83. The van der Waals surface area contributed by atoms with Gasteiger partial charge in [-0.25, -0.2) is 4.68 Å². The van der Waals surface area contributed by atoms with Gasteiger partial charge in [0.1, 0.15) is 0 Å². The van der Waals surface area contributed by atoms with Gasteiger partial charge in [-0.2, -0.15) is 13.2 Å². The Balaban J connectivity index is 1.75. The van der Waals surface area contributed by atoms with Gasteiger partial charge in [0.15, 0.2) is 5.78 Å². The summed E-state index contributed by atoms with van der Waals surface area (Å²) in [5, 5.41) is 2.72. The lowest BCUT2D eigenvalue weighted by Gasteiger charge is -2.35. The van der Waals surface area contributed by atoms with Gasteiger partial charge >= 0.3 is 6.18 Å². The maximum Gasteiger partial charge on any atom is 0.411 e. The number of nitrogens with one attached hydrogen (secondary N) is 1. The fourth-order valence-corrected chi connectivity index (χ4v) is 5.88. The molecule has 2 aromatic carbocycles. The van der Waals surface area contributed by atoms with Crippen molar-refractivity contribution in [2.24, 2.45) is 5.41 Å². The van der Waals surface area contributed by atoms with Crippen LogP contribution in [-0.2, 0) is 21.4 Å². The smallest absolute Gasteiger partial charge is 0.314 e. The minimum atomic E-state index is -5.23. The van der Waals surface area contributed by atoms with Gasteiger partial charge < -0.3 is 4.90 Å². The van der Waals surface area contributed by atoms with Gasteiger partial charge in [-0.3, -0.25) is 19.5 Å². The number of nitrogens with zero attached hydrogens (tertiary/aromatic N) is 2. The Hall–Kier alpha value is -3.88. The molecule has 0 bridgehead atoms. The van der Waals surface area contributed by atoms with Crippen molar-refractivity contribution in [2.45, 2.75) is 51.6 Å². The van der Waals surface area contributed by atoms with Gasteiger partial charge in [-0.1, -0.05) is 62.4 Å². The summed E-state index contributed by atoms with van der Waals surface area (Å²) >= 11 is 0. The molecular weight excluding hydrogens is 495 g/mol. The van der Waals surface area contributed by atoms with Crippen LogP contribution in [0.3, 0.4) is 0 Å². The van der Waals surface area contributed by atoms with Crippen LogP contribution in [0.1, 0.15) is 43.5 Å². The lowest BCUT2D eigenvalue weighted by Crippen LogP contribution is -2.55. The van der Waals surface area contributed by atoms with Gasteiger partial charge in [0.05, 0.1) is 11.3 Å². The van der Waals surface area contributed by atoms with E-state index in [-0.39, 0.29) is 30.8 Å². The number of ketones is 1. The van der Waals surface area contributed by atoms with Crippen LogP contribution in [0.5, 0.6) is 0 Å². The molecule has 1 atom stereocenters. The summed E-state index contributed by atoms with van der Waals surface area (Å²) in [4.78, 5) is 42.5. The number of aromatic nitrogens is 2. The number of hydrogen-bond donors (Lipinski definition) is 1. The molecule has 0 saturated heterocycles. The van der Waals surface area contributed by atoms with E-state index >= 15 is 13.2 Å². The van der Waals surface area contributed by atoms with E-state index in [0.717, 1.165) is 15.1 Å². The van der Waals surface area contributed by atoms with E-state index in [4.69, 9.17) is 0 Å². The summed E-state index contributed by atoms with van der Waals surface area (Å²) < 4.78 is 47.2. The molecule has 2 heterocycles. The molecule has 5 rings (SSSR count). The van der Waals surface area contributed by atoms with Crippen LogP contribution in [0.2, 0.25) is 0 Å². The molecule has 0 spiro atoms. The van der Waals surface area contributed by atoms with Crippen molar-refractivity contribution in [3.05, 3.63) is 99.1 Å². The number of H-pyrrole nitrogens is 1. The number of alkyl halides is 3. The Morgan fingerprint density at radius 3 is 2.13 bits per heavy atom. The molecule has 0 unspecified atom stereocenters. The minimum absolute atomic E-state index is 0.0424. The van der Waals surface area contributed by atoms with Gasteiger partial charge in [0.25, 0.3) is 11.5 Å². The van der Waals surface area contributed by atoms with Gasteiger partial charge in [-0.15, -0.1) is 0 Å². The molecule has 1 aliphatic heterocycles. The highest BCUT2D eigenvalue weighted by Gasteiger charge is 2.73. The summed E-state index contributed by atoms with van der Waals surface area (Å²) in [5.41, 5.74) is -5.27. The molecule has 1 aliphatic carbocycles. The summed E-state index contributed by atoms with van der Waals surface area (Å²) in [6.07, 6.45) is -4.97. The van der Waals surface area contributed by atoms with Crippen LogP contribution in [0.15, 0.2) is 76.7 Å². The van der Waals surface area contributed by atoms with Gasteiger partial charge in [0, 0.05) is 29.9 Å². The second kappa shape index (κ2) is 8.85. The second-order valence-corrected chi connectivity index (χ2v) is 10.8. The van der Waals surface area contributed by atoms with Crippen LogP contribution in [-0.4, -0.2) is 39.1 Å². The van der Waals surface area contributed by atoms with E-state index in [9.17, 15) is 14.4 Å². The molecular formula is C29H28F3N3O3. The Morgan fingerprint density at radius 2 is 1.53 bits per heavy atom. The number of benzene rings is 2. The Bertz CT molecular complexity index is 1500. The first-order valence-corrected chi connectivity index (χ1v) is 12.5. The van der Waals surface area contributed by atoms with Crippen molar-refractivity contribution in [1.82, 2.24) is 14.7 Å². The molecule has 0 radical (unpaired) electrons. The molecule has 1 amide bonds. The van der Waals surface area contributed by atoms with Crippen molar-refractivity contribution in [2.75, 3.05) is 6.54 Å². The normalized spacial score (nSPS) is 21.3. The number of carbonyl (C=O) groups excluding carboxylic acids is 2. The fourth-order valence-electron chi connectivity index (χ4n) is 5.88. The molecule has 198 valence electrons. The molecule has 1 N–H and O–H groups in total. The van der Waals surface area contributed by atoms with Crippen LogP contribution in [0.25, 0.3) is 5.69 Å². The summed E-state index contributed by atoms with van der Waals surface area (Å²) in [6, 6.07) is 17.3. The average molecular weight is 524 g/mol. The number of aryl methyl sites for hydroxylation is 1. The summed E-state index contributed by atoms with van der Waals surface area (Å²) in [6.45, 7) is 4.89. The number of rotatable bonds is 5. The summed E-state index contributed by atoms with van der Waals surface area (Å²) in [5.74, 6) is -2.05. The van der Waals surface area contributed by atoms with Crippen molar-refractivity contribution in [3.8, 4) is 5.69 Å². The highest BCUT2D eigenvalue weighted by atomic mass is 19.4. The zero-order chi connectivity index (χ0) is 27.5. The largest absolute Gasteiger partial charge is 0.411 e. The Morgan fingerprint density at radius 1 is 0.921 bits per heavy atom. The van der Waals surface area contributed by atoms with Crippen LogP contribution in [0, 0.1) is 12.3 Å². The predicted octanol–water partition coefficient (Wildman–Crippen LogP) is 5.00. The Kier molecular flexibility index (Phi) is 6.00. The van der Waals surface area contributed by atoms with E-state index in [0.29, 0.717) is 12.1 Å². The second-order valence-electron chi connectivity index (χ2n) is 10.8. The average Bonchev–Trinajstić information content (AvgIpc) is 3.28. The van der Waals surface area contributed by atoms with E-state index in [2.05, 4.69) is 5.10 Å². The third-order valence-electron chi connectivity index (χ3n) is 7.47. The number of halogens is 3. The topological polar surface area (TPSA) is 75.2 Å². The van der Waals surface area contributed by atoms with Gasteiger partial charge in [0.2, 0.25) is 5.41 Å². The lowest BCUT2D eigenvalue weighted by molar-refractivity contribution is -0.189. The number of carbonyl (C=O) groups is 2. The summed E-state index contributed by atoms with van der Waals surface area (Å²) in [7, 11) is 0. The van der Waals surface area contributed by atoms with Crippen molar-refractivity contribution in [3.63, 3.8) is 0 Å². The first-order chi connectivity index (χ1) is 17.9. The number of para-hydroxylation sites is 1. The van der Waals surface area contributed by atoms with E-state index in [1.54, 1.807) is 44.2 Å². The van der Waals surface area contributed by atoms with Crippen molar-refractivity contribution < 1.29 is 22.8 Å². The predicted molar refractivity (Wildman–Crippen MR) is 136 cm³/mol. The monoisotopic (exact) mass is 523 g/mol. The van der Waals surface area contributed by atoms with Crippen molar-refractivity contribution >= 4 is 11.7 Å².